The van der Waals surface area contributed by atoms with E-state index in [9.17, 15) is 23.2 Å². The molecule has 9 heteroatoms. The molecule has 1 N–H and O–H groups in total. The first-order valence-electron chi connectivity index (χ1n) is 8.95. The fraction of sp³-hybridized carbons (Fsp3) is 0.421. The third-order valence-corrected chi connectivity index (χ3v) is 5.13. The number of piperazine rings is 1. The standard InChI is InChI=1S/C19H20F3N5O/c1-13-14(2)24-27(18(28)17(13)11-23)12-25-6-8-26(9-7-25)16-5-3-4-15(10-16)19(20,21)22/h3-5,10H,6-9,12H2,1-2H3/p+1. The third kappa shape index (κ3) is 4.02. The van der Waals surface area contributed by atoms with Gasteiger partial charge in [0.05, 0.1) is 37.4 Å². The Kier molecular flexibility index (Phi) is 5.42. The van der Waals surface area contributed by atoms with Gasteiger partial charge in [0, 0.05) is 5.69 Å². The summed E-state index contributed by atoms with van der Waals surface area (Å²) in [6.45, 7) is 6.23. The van der Waals surface area contributed by atoms with E-state index in [2.05, 4.69) is 5.10 Å². The molecule has 1 saturated heterocycles. The molecular formula is C19H21F3N5O+. The van der Waals surface area contributed by atoms with Gasteiger partial charge in [-0.2, -0.15) is 28.2 Å². The number of hydrogen-bond acceptors (Lipinski definition) is 4. The van der Waals surface area contributed by atoms with Gasteiger partial charge in [0.25, 0.3) is 5.56 Å². The highest BCUT2D eigenvalue weighted by atomic mass is 19.4. The highest BCUT2D eigenvalue weighted by Crippen LogP contribution is 2.31. The number of halogens is 3. The maximum absolute atomic E-state index is 12.9. The minimum Gasteiger partial charge on any atom is -0.360 e. The summed E-state index contributed by atoms with van der Waals surface area (Å²) < 4.78 is 40.1. The Balaban J connectivity index is 1.70. The summed E-state index contributed by atoms with van der Waals surface area (Å²) in [6, 6.07) is 7.27. The van der Waals surface area contributed by atoms with Gasteiger partial charge in [-0.15, -0.1) is 0 Å². The Bertz CT molecular complexity index is 969. The quantitative estimate of drug-likeness (QED) is 0.850. The molecule has 0 amide bonds. The average molecular weight is 392 g/mol. The van der Waals surface area contributed by atoms with E-state index in [1.165, 1.54) is 16.8 Å². The van der Waals surface area contributed by atoms with Gasteiger partial charge in [0.1, 0.15) is 11.6 Å². The molecule has 0 atom stereocenters. The summed E-state index contributed by atoms with van der Waals surface area (Å²) in [5.74, 6) is 0. The molecule has 2 heterocycles. The normalized spacial score (nSPS) is 15.5. The molecular weight excluding hydrogens is 371 g/mol. The second-order valence-corrected chi connectivity index (χ2v) is 6.95. The van der Waals surface area contributed by atoms with Crippen LogP contribution in [0.15, 0.2) is 29.1 Å². The van der Waals surface area contributed by atoms with Gasteiger partial charge >= 0.3 is 6.18 Å². The van der Waals surface area contributed by atoms with Gasteiger partial charge < -0.3 is 9.80 Å². The van der Waals surface area contributed by atoms with Crippen molar-refractivity contribution in [1.82, 2.24) is 9.78 Å². The van der Waals surface area contributed by atoms with E-state index < -0.39 is 17.3 Å². The van der Waals surface area contributed by atoms with Crippen molar-refractivity contribution >= 4 is 5.69 Å². The van der Waals surface area contributed by atoms with Crippen molar-refractivity contribution in [1.29, 1.82) is 5.26 Å². The number of quaternary nitrogens is 1. The van der Waals surface area contributed by atoms with Crippen LogP contribution in [0.1, 0.15) is 22.4 Å². The maximum atomic E-state index is 12.9. The van der Waals surface area contributed by atoms with E-state index in [4.69, 9.17) is 0 Å². The maximum Gasteiger partial charge on any atom is 0.416 e. The molecule has 28 heavy (non-hydrogen) atoms. The molecule has 148 valence electrons. The molecule has 0 bridgehead atoms. The van der Waals surface area contributed by atoms with E-state index in [0.29, 0.717) is 49.8 Å². The molecule has 6 nitrogen and oxygen atoms in total. The Morgan fingerprint density at radius 3 is 2.54 bits per heavy atom. The van der Waals surface area contributed by atoms with Crippen LogP contribution >= 0.6 is 0 Å². The minimum atomic E-state index is -4.36. The highest BCUT2D eigenvalue weighted by Gasteiger charge is 2.31. The van der Waals surface area contributed by atoms with Gasteiger partial charge in [0.15, 0.2) is 6.67 Å². The van der Waals surface area contributed by atoms with Gasteiger partial charge in [0.2, 0.25) is 0 Å². The van der Waals surface area contributed by atoms with Crippen molar-refractivity contribution in [2.24, 2.45) is 0 Å². The number of anilines is 1. The first kappa shape index (κ1) is 19.9. The van der Waals surface area contributed by atoms with E-state index in [-0.39, 0.29) is 5.56 Å². The zero-order valence-electron chi connectivity index (χ0n) is 15.7. The Morgan fingerprint density at radius 2 is 1.93 bits per heavy atom. The molecule has 1 aliphatic heterocycles. The topological polar surface area (TPSA) is 66.4 Å². The van der Waals surface area contributed by atoms with Crippen LogP contribution in [-0.2, 0) is 12.8 Å². The van der Waals surface area contributed by atoms with Crippen molar-refractivity contribution in [2.75, 3.05) is 31.1 Å². The molecule has 0 saturated carbocycles. The summed E-state index contributed by atoms with van der Waals surface area (Å²) >= 11 is 0. The lowest BCUT2D eigenvalue weighted by molar-refractivity contribution is -0.924. The van der Waals surface area contributed by atoms with Crippen LogP contribution in [0.5, 0.6) is 0 Å². The number of rotatable bonds is 3. The van der Waals surface area contributed by atoms with Gasteiger partial charge in [-0.05, 0) is 37.6 Å². The van der Waals surface area contributed by atoms with Crippen molar-refractivity contribution < 1.29 is 18.1 Å². The fourth-order valence-corrected chi connectivity index (χ4v) is 3.34. The highest BCUT2D eigenvalue weighted by molar-refractivity contribution is 5.49. The average Bonchev–Trinajstić information content (AvgIpc) is 2.67. The Morgan fingerprint density at radius 1 is 1.25 bits per heavy atom. The lowest BCUT2D eigenvalue weighted by Crippen LogP contribution is -3.14. The number of benzene rings is 1. The number of aromatic nitrogens is 2. The number of alkyl halides is 3. The van der Waals surface area contributed by atoms with Crippen LogP contribution in [-0.4, -0.2) is 36.0 Å². The predicted octanol–water partition coefficient (Wildman–Crippen LogP) is 1.11. The number of nitrogens with zero attached hydrogens (tertiary/aromatic N) is 4. The Labute approximate surface area is 160 Å². The third-order valence-electron chi connectivity index (χ3n) is 5.13. The smallest absolute Gasteiger partial charge is 0.360 e. The van der Waals surface area contributed by atoms with Crippen molar-refractivity contribution in [3.05, 3.63) is 57.0 Å². The van der Waals surface area contributed by atoms with Crippen molar-refractivity contribution in [3.8, 4) is 6.07 Å². The van der Waals surface area contributed by atoms with E-state index in [1.54, 1.807) is 19.9 Å². The van der Waals surface area contributed by atoms with Gasteiger partial charge in [-0.3, -0.25) is 4.79 Å². The Hall–Kier alpha value is -2.86. The molecule has 0 radical (unpaired) electrons. The van der Waals surface area contributed by atoms with Crippen LogP contribution in [0.4, 0.5) is 18.9 Å². The summed E-state index contributed by atoms with van der Waals surface area (Å²) in [7, 11) is 0. The zero-order valence-corrected chi connectivity index (χ0v) is 15.7. The monoisotopic (exact) mass is 392 g/mol. The summed E-state index contributed by atoms with van der Waals surface area (Å²) in [4.78, 5) is 15.4. The molecule has 1 aromatic carbocycles. The number of nitrogens with one attached hydrogen (secondary N) is 1. The van der Waals surface area contributed by atoms with E-state index in [0.717, 1.165) is 11.0 Å². The second kappa shape index (κ2) is 7.64. The fourth-order valence-electron chi connectivity index (χ4n) is 3.34. The zero-order chi connectivity index (χ0) is 20.5. The van der Waals surface area contributed by atoms with Crippen molar-refractivity contribution in [2.45, 2.75) is 26.7 Å². The van der Waals surface area contributed by atoms with Gasteiger partial charge in [-0.25, -0.2) is 0 Å². The molecule has 0 unspecified atom stereocenters. The van der Waals surface area contributed by atoms with Crippen LogP contribution in [0.2, 0.25) is 0 Å². The molecule has 1 aliphatic rings. The van der Waals surface area contributed by atoms with Crippen LogP contribution in [0.25, 0.3) is 0 Å². The molecule has 1 fully saturated rings. The number of aryl methyl sites for hydroxylation is 1. The summed E-state index contributed by atoms with van der Waals surface area (Å²) in [6.07, 6.45) is -4.36. The largest absolute Gasteiger partial charge is 0.416 e. The predicted molar refractivity (Wildman–Crippen MR) is 97.0 cm³/mol. The van der Waals surface area contributed by atoms with Crippen LogP contribution in [0, 0.1) is 25.2 Å². The van der Waals surface area contributed by atoms with E-state index in [1.807, 2.05) is 11.0 Å². The molecule has 3 rings (SSSR count). The molecule has 0 aliphatic carbocycles. The summed E-state index contributed by atoms with van der Waals surface area (Å²) in [5.41, 5.74) is 0.816. The lowest BCUT2D eigenvalue weighted by Gasteiger charge is -2.33. The SMILES string of the molecule is Cc1nn(C[NH+]2CCN(c3cccc(C(F)(F)F)c3)CC2)c(=O)c(C#N)c1C. The number of hydrogen-bond donors (Lipinski definition) is 1. The van der Waals surface area contributed by atoms with Crippen LogP contribution in [0.3, 0.4) is 0 Å². The molecule has 1 aromatic heterocycles. The van der Waals surface area contributed by atoms with Crippen LogP contribution < -0.4 is 15.4 Å². The molecule has 2 aromatic rings. The van der Waals surface area contributed by atoms with Gasteiger partial charge in [-0.1, -0.05) is 6.07 Å². The van der Waals surface area contributed by atoms with Crippen molar-refractivity contribution in [3.63, 3.8) is 0 Å². The van der Waals surface area contributed by atoms with E-state index >= 15 is 0 Å². The first-order valence-corrected chi connectivity index (χ1v) is 8.95. The lowest BCUT2D eigenvalue weighted by atomic mass is 10.1. The minimum absolute atomic E-state index is 0.106. The number of nitriles is 1. The first-order chi connectivity index (χ1) is 13.2. The second-order valence-electron chi connectivity index (χ2n) is 6.95. The molecule has 0 spiro atoms. The summed E-state index contributed by atoms with van der Waals surface area (Å²) in [5, 5.41) is 13.5.